The molecule has 24 heavy (non-hydrogen) atoms. The predicted molar refractivity (Wildman–Crippen MR) is 81.8 cm³/mol. The van der Waals surface area contributed by atoms with Crippen LogP contribution < -0.4 is 15.0 Å². The summed E-state index contributed by atoms with van der Waals surface area (Å²) in [6, 6.07) is 8.05. The summed E-state index contributed by atoms with van der Waals surface area (Å²) in [6.45, 7) is -0.504. The Labute approximate surface area is 141 Å². The van der Waals surface area contributed by atoms with Crippen LogP contribution in [0.5, 0.6) is 5.75 Å². The minimum absolute atomic E-state index is 0.341. The first kappa shape index (κ1) is 18.1. The highest BCUT2D eigenvalue weighted by atomic mass is 35.5. The molecular formula is C14H11ClF2N2O4S. The monoisotopic (exact) mass is 376 g/mol. The molecule has 0 saturated heterocycles. The summed E-state index contributed by atoms with van der Waals surface area (Å²) < 4.78 is 55.3. The second-order valence-electron chi connectivity index (χ2n) is 4.47. The Hall–Kier alpha value is -2.23. The van der Waals surface area contributed by atoms with Crippen molar-refractivity contribution in [3.05, 3.63) is 59.1 Å². The third-order valence-electron chi connectivity index (χ3n) is 2.69. The first-order chi connectivity index (χ1) is 11.3. The zero-order chi connectivity index (χ0) is 17.7. The Kier molecular flexibility index (Phi) is 5.71. The molecule has 0 spiro atoms. The van der Waals surface area contributed by atoms with E-state index in [0.717, 1.165) is 6.07 Å². The number of carbonyl (C=O) groups is 1. The molecule has 0 aliphatic rings. The van der Waals surface area contributed by atoms with Crippen molar-refractivity contribution in [2.75, 3.05) is 6.61 Å². The van der Waals surface area contributed by atoms with Gasteiger partial charge in [-0.2, -0.15) is 0 Å². The van der Waals surface area contributed by atoms with Crippen LogP contribution in [0.25, 0.3) is 0 Å². The van der Waals surface area contributed by atoms with Crippen LogP contribution in [0, 0.1) is 11.6 Å². The molecule has 0 aliphatic heterocycles. The van der Waals surface area contributed by atoms with Crippen LogP contribution in [0.4, 0.5) is 8.78 Å². The summed E-state index contributed by atoms with van der Waals surface area (Å²) in [5.74, 6) is -2.59. The highest BCUT2D eigenvalue weighted by molar-refractivity contribution is 7.89. The molecule has 1 amide bonds. The summed E-state index contributed by atoms with van der Waals surface area (Å²) in [6.07, 6.45) is 0. The molecule has 10 heteroatoms. The molecule has 0 saturated carbocycles. The van der Waals surface area contributed by atoms with E-state index in [9.17, 15) is 22.0 Å². The fourth-order valence-electron chi connectivity index (χ4n) is 1.58. The van der Waals surface area contributed by atoms with Gasteiger partial charge in [-0.15, -0.1) is 4.83 Å². The quantitative estimate of drug-likeness (QED) is 0.755. The lowest BCUT2D eigenvalue weighted by Crippen LogP contribution is -2.44. The summed E-state index contributed by atoms with van der Waals surface area (Å²) in [7, 11) is -4.47. The molecule has 128 valence electrons. The number of ether oxygens (including phenoxy) is 1. The molecule has 2 rings (SSSR count). The number of hydrogen-bond donors (Lipinski definition) is 2. The minimum atomic E-state index is -4.47. The largest absolute Gasteiger partial charge is 0.484 e. The van der Waals surface area contributed by atoms with Crippen molar-refractivity contribution in [3.63, 3.8) is 0 Å². The van der Waals surface area contributed by atoms with Crippen LogP contribution in [-0.2, 0) is 14.8 Å². The van der Waals surface area contributed by atoms with Crippen molar-refractivity contribution in [3.8, 4) is 5.75 Å². The highest BCUT2D eigenvalue weighted by Crippen LogP contribution is 2.16. The van der Waals surface area contributed by atoms with Crippen LogP contribution in [0.1, 0.15) is 0 Å². The third-order valence-corrected chi connectivity index (χ3v) is 4.21. The molecule has 2 aromatic carbocycles. The van der Waals surface area contributed by atoms with Crippen molar-refractivity contribution in [1.29, 1.82) is 0 Å². The Bertz CT molecular complexity index is 844. The first-order valence-electron chi connectivity index (χ1n) is 6.42. The van der Waals surface area contributed by atoms with Crippen molar-refractivity contribution in [1.82, 2.24) is 10.3 Å². The van der Waals surface area contributed by atoms with Gasteiger partial charge in [-0.25, -0.2) is 17.2 Å². The van der Waals surface area contributed by atoms with Gasteiger partial charge in [0, 0.05) is 5.02 Å². The molecule has 0 atom stereocenters. The maximum atomic E-state index is 13.5. The fraction of sp³-hybridized carbons (Fsp3) is 0.0714. The number of hydrogen-bond acceptors (Lipinski definition) is 4. The van der Waals surface area contributed by atoms with Crippen molar-refractivity contribution in [2.24, 2.45) is 0 Å². The number of carbonyl (C=O) groups excluding carboxylic acids is 1. The first-order valence-corrected chi connectivity index (χ1v) is 8.28. The van der Waals surface area contributed by atoms with E-state index in [1.54, 1.807) is 17.0 Å². The standard InChI is InChI=1S/C14H11ClF2N2O4S/c15-9-1-4-11(5-2-9)23-8-14(20)18-19-24(21,22)13-7-10(16)3-6-12(13)17/h1-7,19H,8H2,(H,18,20). The Morgan fingerprint density at radius 2 is 1.79 bits per heavy atom. The third kappa shape index (κ3) is 4.88. The number of halogens is 3. The fourth-order valence-corrected chi connectivity index (χ4v) is 2.65. The van der Waals surface area contributed by atoms with Gasteiger partial charge in [-0.3, -0.25) is 10.2 Å². The van der Waals surface area contributed by atoms with E-state index >= 15 is 0 Å². The average molecular weight is 377 g/mol. The average Bonchev–Trinajstić information content (AvgIpc) is 2.54. The van der Waals surface area contributed by atoms with E-state index in [1.807, 2.05) is 5.43 Å². The smallest absolute Gasteiger partial charge is 0.272 e. The van der Waals surface area contributed by atoms with Gasteiger partial charge in [-0.05, 0) is 42.5 Å². The molecule has 0 aliphatic carbocycles. The Morgan fingerprint density at radius 1 is 1.12 bits per heavy atom. The lowest BCUT2D eigenvalue weighted by atomic mass is 10.3. The van der Waals surface area contributed by atoms with Crippen molar-refractivity contribution < 1.29 is 26.7 Å². The summed E-state index contributed by atoms with van der Waals surface area (Å²) in [5, 5.41) is 0.483. The highest BCUT2D eigenvalue weighted by Gasteiger charge is 2.20. The van der Waals surface area contributed by atoms with E-state index in [-0.39, 0.29) is 0 Å². The lowest BCUT2D eigenvalue weighted by molar-refractivity contribution is -0.123. The second kappa shape index (κ2) is 7.56. The second-order valence-corrected chi connectivity index (χ2v) is 6.56. The van der Waals surface area contributed by atoms with Gasteiger partial charge in [0.2, 0.25) is 0 Å². The molecule has 0 heterocycles. The molecule has 0 aromatic heterocycles. The maximum Gasteiger partial charge on any atom is 0.272 e. The van der Waals surface area contributed by atoms with E-state index in [2.05, 4.69) is 0 Å². The minimum Gasteiger partial charge on any atom is -0.484 e. The molecule has 0 radical (unpaired) electrons. The summed E-state index contributed by atoms with van der Waals surface area (Å²) >= 11 is 5.69. The molecule has 0 fully saturated rings. The van der Waals surface area contributed by atoms with E-state index in [4.69, 9.17) is 16.3 Å². The van der Waals surface area contributed by atoms with E-state index in [0.29, 0.717) is 22.9 Å². The van der Waals surface area contributed by atoms with E-state index in [1.165, 1.54) is 12.1 Å². The molecular weight excluding hydrogens is 366 g/mol. The van der Waals surface area contributed by atoms with Crippen LogP contribution >= 0.6 is 11.6 Å². The molecule has 6 nitrogen and oxygen atoms in total. The topological polar surface area (TPSA) is 84.5 Å². The number of benzene rings is 2. The Balaban J connectivity index is 1.93. The van der Waals surface area contributed by atoms with Gasteiger partial charge in [0.25, 0.3) is 15.9 Å². The van der Waals surface area contributed by atoms with Gasteiger partial charge in [0.1, 0.15) is 22.3 Å². The number of nitrogens with one attached hydrogen (secondary N) is 2. The normalized spacial score (nSPS) is 11.1. The van der Waals surface area contributed by atoms with Crippen LogP contribution in [0.3, 0.4) is 0 Å². The zero-order valence-electron chi connectivity index (χ0n) is 11.9. The van der Waals surface area contributed by atoms with Gasteiger partial charge >= 0.3 is 0 Å². The number of sulfonamides is 1. The summed E-state index contributed by atoms with van der Waals surface area (Å²) in [5.41, 5.74) is 1.83. The number of amides is 1. The molecule has 2 N–H and O–H groups in total. The van der Waals surface area contributed by atoms with Gasteiger partial charge in [0.05, 0.1) is 0 Å². The molecule has 0 unspecified atom stereocenters. The van der Waals surface area contributed by atoms with Crippen molar-refractivity contribution >= 4 is 27.5 Å². The number of hydrazine groups is 1. The lowest BCUT2D eigenvalue weighted by Gasteiger charge is -2.10. The molecule has 0 bridgehead atoms. The van der Waals surface area contributed by atoms with Gasteiger partial charge in [-0.1, -0.05) is 11.6 Å². The Morgan fingerprint density at radius 3 is 2.46 bits per heavy atom. The maximum absolute atomic E-state index is 13.5. The SMILES string of the molecule is O=C(COc1ccc(Cl)cc1)NNS(=O)(=O)c1cc(F)ccc1F. The van der Waals surface area contributed by atoms with Crippen LogP contribution in [-0.4, -0.2) is 20.9 Å². The van der Waals surface area contributed by atoms with Crippen LogP contribution in [0.15, 0.2) is 47.4 Å². The van der Waals surface area contributed by atoms with Crippen molar-refractivity contribution in [2.45, 2.75) is 4.90 Å². The van der Waals surface area contributed by atoms with Gasteiger partial charge < -0.3 is 4.74 Å². The van der Waals surface area contributed by atoms with Gasteiger partial charge in [0.15, 0.2) is 6.61 Å². The predicted octanol–water partition coefficient (Wildman–Crippen LogP) is 2.01. The van der Waals surface area contributed by atoms with Crippen LogP contribution in [0.2, 0.25) is 5.02 Å². The zero-order valence-corrected chi connectivity index (χ0v) is 13.5. The molecule has 2 aromatic rings. The number of rotatable bonds is 6. The summed E-state index contributed by atoms with van der Waals surface area (Å²) in [4.78, 5) is 12.3. The van der Waals surface area contributed by atoms with E-state index < -0.39 is 39.1 Å².